The summed E-state index contributed by atoms with van der Waals surface area (Å²) in [6.07, 6.45) is 12.7. The van der Waals surface area contributed by atoms with E-state index < -0.39 is 0 Å². The first-order chi connectivity index (χ1) is 14.0. The van der Waals surface area contributed by atoms with E-state index in [-0.39, 0.29) is 0 Å². The number of nitrogens with one attached hydrogen (secondary N) is 1. The zero-order valence-electron chi connectivity index (χ0n) is 17.5. The Kier molecular flexibility index (Phi) is 5.21. The second-order valence-electron chi connectivity index (χ2n) is 7.88. The summed E-state index contributed by atoms with van der Waals surface area (Å²) in [5, 5.41) is 3.65. The van der Waals surface area contributed by atoms with E-state index in [2.05, 4.69) is 137 Å². The quantitative estimate of drug-likeness (QED) is 0.476. The summed E-state index contributed by atoms with van der Waals surface area (Å²) >= 11 is 0. The summed E-state index contributed by atoms with van der Waals surface area (Å²) in [6.45, 7) is 8.74. The maximum Gasteiger partial charge on any atom is 0.249 e. The SMILES string of the molecule is CC(C)[n+]1ccn(-c2ccccc2Nc2ccccc2-n2cc[n+](C(C)C)c2)c1. The van der Waals surface area contributed by atoms with Crippen LogP contribution in [0.3, 0.4) is 0 Å². The third-order valence-electron chi connectivity index (χ3n) is 5.14. The number of para-hydroxylation sites is 4. The Hall–Kier alpha value is -3.34. The number of nitrogens with zero attached hydrogens (tertiary/aromatic N) is 4. The highest BCUT2D eigenvalue weighted by molar-refractivity contribution is 5.74. The average Bonchev–Trinajstić information content (AvgIpc) is 3.39. The molecule has 1 N–H and O–H groups in total. The summed E-state index contributed by atoms with van der Waals surface area (Å²) < 4.78 is 8.73. The third kappa shape index (κ3) is 3.94. The Morgan fingerprint density at radius 2 is 1.07 bits per heavy atom. The van der Waals surface area contributed by atoms with Crippen molar-refractivity contribution in [3.05, 3.63) is 86.0 Å². The molecule has 4 aromatic rings. The van der Waals surface area contributed by atoms with Crippen molar-refractivity contribution >= 4 is 11.4 Å². The van der Waals surface area contributed by atoms with Crippen LogP contribution >= 0.6 is 0 Å². The fourth-order valence-electron chi connectivity index (χ4n) is 3.39. The maximum absolute atomic E-state index is 3.65. The van der Waals surface area contributed by atoms with E-state index in [0.717, 1.165) is 22.7 Å². The van der Waals surface area contributed by atoms with Gasteiger partial charge in [-0.05, 0) is 52.0 Å². The Balaban J connectivity index is 1.70. The normalized spacial score (nSPS) is 11.4. The lowest BCUT2D eigenvalue weighted by atomic mass is 10.2. The van der Waals surface area contributed by atoms with Crippen molar-refractivity contribution in [3.8, 4) is 11.4 Å². The molecule has 29 heavy (non-hydrogen) atoms. The van der Waals surface area contributed by atoms with Crippen LogP contribution in [0.4, 0.5) is 11.4 Å². The molecule has 2 heterocycles. The monoisotopic (exact) mass is 387 g/mol. The van der Waals surface area contributed by atoms with Crippen molar-refractivity contribution in [3.63, 3.8) is 0 Å². The van der Waals surface area contributed by atoms with Gasteiger partial charge >= 0.3 is 0 Å². The molecule has 4 rings (SSSR count). The number of hydrogen-bond acceptors (Lipinski definition) is 1. The Morgan fingerprint density at radius 3 is 1.45 bits per heavy atom. The van der Waals surface area contributed by atoms with Crippen molar-refractivity contribution in [2.45, 2.75) is 39.8 Å². The van der Waals surface area contributed by atoms with Crippen LogP contribution < -0.4 is 14.5 Å². The molecule has 0 aliphatic heterocycles. The zero-order valence-corrected chi connectivity index (χ0v) is 17.5. The predicted molar refractivity (Wildman–Crippen MR) is 116 cm³/mol. The molecule has 0 aliphatic carbocycles. The molecule has 0 aliphatic rings. The van der Waals surface area contributed by atoms with Crippen LogP contribution in [0.5, 0.6) is 0 Å². The van der Waals surface area contributed by atoms with Gasteiger partial charge in [-0.1, -0.05) is 24.3 Å². The molecule has 0 amide bonds. The van der Waals surface area contributed by atoms with E-state index in [0.29, 0.717) is 12.1 Å². The smallest absolute Gasteiger partial charge is 0.249 e. The average molecular weight is 388 g/mol. The number of benzene rings is 2. The first-order valence-corrected chi connectivity index (χ1v) is 10.2. The molecular weight excluding hydrogens is 358 g/mol. The standard InChI is InChI=1S/C24H29N5/c1-19(2)26-13-15-28(17-26)23-11-7-5-9-21(23)25-22-10-6-8-12-24(22)29-16-14-27(18-29)20(3)4/h5-20,25H,1-4H3/q+2. The van der Waals surface area contributed by atoms with Crippen LogP contribution in [0.2, 0.25) is 0 Å². The van der Waals surface area contributed by atoms with Gasteiger partial charge in [0.1, 0.15) is 24.8 Å². The van der Waals surface area contributed by atoms with Gasteiger partial charge in [-0.2, -0.15) is 0 Å². The summed E-state index contributed by atoms with van der Waals surface area (Å²) in [5.74, 6) is 0. The lowest BCUT2D eigenvalue weighted by molar-refractivity contribution is -0.715. The molecular formula is C24H29N5+2. The lowest BCUT2D eigenvalue weighted by Gasteiger charge is -2.11. The first-order valence-electron chi connectivity index (χ1n) is 10.2. The van der Waals surface area contributed by atoms with Gasteiger partial charge in [0.2, 0.25) is 12.7 Å². The molecule has 0 spiro atoms. The van der Waals surface area contributed by atoms with Crippen LogP contribution in [0.1, 0.15) is 39.8 Å². The topological polar surface area (TPSA) is 29.6 Å². The minimum atomic E-state index is 0.429. The molecule has 2 aromatic carbocycles. The first kappa shape index (κ1) is 19.0. The number of anilines is 2. The number of hydrogen-bond donors (Lipinski definition) is 1. The van der Waals surface area contributed by atoms with Gasteiger partial charge in [0.05, 0.1) is 23.5 Å². The van der Waals surface area contributed by atoms with Gasteiger partial charge in [0.15, 0.2) is 11.4 Å². The minimum Gasteiger partial charge on any atom is -0.349 e. The van der Waals surface area contributed by atoms with Crippen molar-refractivity contribution < 1.29 is 9.13 Å². The van der Waals surface area contributed by atoms with Crippen LogP contribution in [-0.2, 0) is 0 Å². The van der Waals surface area contributed by atoms with Crippen LogP contribution in [0, 0.1) is 0 Å². The Labute approximate surface area is 172 Å². The van der Waals surface area contributed by atoms with E-state index in [9.17, 15) is 0 Å². The summed E-state index contributed by atoms with van der Waals surface area (Å²) in [4.78, 5) is 0. The van der Waals surface area contributed by atoms with E-state index in [1.165, 1.54) is 0 Å². The highest BCUT2D eigenvalue weighted by Crippen LogP contribution is 2.28. The molecule has 0 radical (unpaired) electrons. The van der Waals surface area contributed by atoms with Crippen LogP contribution in [-0.4, -0.2) is 9.13 Å². The summed E-state index contributed by atoms with van der Waals surface area (Å²) in [7, 11) is 0. The van der Waals surface area contributed by atoms with Gasteiger partial charge in [0, 0.05) is 0 Å². The van der Waals surface area contributed by atoms with Crippen molar-refractivity contribution in [1.82, 2.24) is 9.13 Å². The van der Waals surface area contributed by atoms with Crippen LogP contribution in [0.25, 0.3) is 11.4 Å². The number of rotatable bonds is 6. The van der Waals surface area contributed by atoms with Crippen LogP contribution in [0.15, 0.2) is 86.0 Å². The highest BCUT2D eigenvalue weighted by Gasteiger charge is 2.16. The fourth-order valence-corrected chi connectivity index (χ4v) is 3.39. The molecule has 0 atom stereocenters. The Bertz CT molecular complexity index is 1020. The second-order valence-corrected chi connectivity index (χ2v) is 7.88. The molecule has 2 aromatic heterocycles. The van der Waals surface area contributed by atoms with Gasteiger partial charge in [-0.3, -0.25) is 0 Å². The second kappa shape index (κ2) is 7.95. The largest absolute Gasteiger partial charge is 0.349 e. The lowest BCUT2D eigenvalue weighted by Crippen LogP contribution is -2.33. The summed E-state index contributed by atoms with van der Waals surface area (Å²) in [6, 6.07) is 17.7. The highest BCUT2D eigenvalue weighted by atomic mass is 15.2. The molecule has 0 saturated heterocycles. The molecule has 0 fully saturated rings. The molecule has 5 nitrogen and oxygen atoms in total. The molecule has 5 heteroatoms. The predicted octanol–water partition coefficient (Wildman–Crippen LogP) is 4.75. The fraction of sp³-hybridized carbons (Fsp3) is 0.250. The third-order valence-corrected chi connectivity index (χ3v) is 5.14. The summed E-state index contributed by atoms with van der Waals surface area (Å²) in [5.41, 5.74) is 4.36. The van der Waals surface area contributed by atoms with Gasteiger partial charge in [-0.15, -0.1) is 0 Å². The zero-order chi connectivity index (χ0) is 20.4. The van der Waals surface area contributed by atoms with Crippen molar-refractivity contribution in [2.24, 2.45) is 0 Å². The maximum atomic E-state index is 3.65. The van der Waals surface area contributed by atoms with Gasteiger partial charge < -0.3 is 5.32 Å². The molecule has 148 valence electrons. The molecule has 0 unspecified atom stereocenters. The van der Waals surface area contributed by atoms with E-state index in [1.807, 2.05) is 0 Å². The minimum absolute atomic E-state index is 0.429. The number of imidazole rings is 2. The van der Waals surface area contributed by atoms with Gasteiger partial charge in [0.25, 0.3) is 0 Å². The van der Waals surface area contributed by atoms with Gasteiger partial charge in [-0.25, -0.2) is 18.3 Å². The Morgan fingerprint density at radius 1 is 0.655 bits per heavy atom. The molecule has 0 saturated carbocycles. The number of aromatic nitrogens is 4. The van der Waals surface area contributed by atoms with Crippen molar-refractivity contribution in [1.29, 1.82) is 0 Å². The molecule has 0 bridgehead atoms. The van der Waals surface area contributed by atoms with Crippen molar-refractivity contribution in [2.75, 3.05) is 5.32 Å². The van der Waals surface area contributed by atoms with E-state index >= 15 is 0 Å². The van der Waals surface area contributed by atoms with E-state index in [4.69, 9.17) is 0 Å². The van der Waals surface area contributed by atoms with E-state index in [1.54, 1.807) is 0 Å².